The van der Waals surface area contributed by atoms with E-state index in [0.717, 1.165) is 25.9 Å². The number of aromatic nitrogens is 1. The maximum Gasteiger partial charge on any atom is 0.272 e. The molecule has 0 bridgehead atoms. The predicted octanol–water partition coefficient (Wildman–Crippen LogP) is 4.36. The summed E-state index contributed by atoms with van der Waals surface area (Å²) >= 11 is 0. The first-order chi connectivity index (χ1) is 14.2. The molecule has 0 spiro atoms. The van der Waals surface area contributed by atoms with E-state index in [9.17, 15) is 9.59 Å². The Kier molecular flexibility index (Phi) is 5.52. The molecule has 1 fully saturated rings. The number of hydrogen-bond donors (Lipinski definition) is 1. The van der Waals surface area contributed by atoms with Crippen molar-refractivity contribution in [2.45, 2.75) is 12.8 Å². The van der Waals surface area contributed by atoms with Crippen molar-refractivity contribution >= 4 is 17.5 Å². The average molecular weight is 387 g/mol. The summed E-state index contributed by atoms with van der Waals surface area (Å²) in [5.41, 5.74) is 1.20. The fraction of sp³-hybridized carbons (Fsp3) is 0.174. The van der Waals surface area contributed by atoms with E-state index in [4.69, 9.17) is 4.74 Å². The maximum atomic E-state index is 12.8. The van der Waals surface area contributed by atoms with Gasteiger partial charge >= 0.3 is 0 Å². The molecule has 146 valence electrons. The van der Waals surface area contributed by atoms with E-state index in [0.29, 0.717) is 22.7 Å². The zero-order chi connectivity index (χ0) is 20.1. The van der Waals surface area contributed by atoms with Crippen molar-refractivity contribution in [3.8, 4) is 11.5 Å². The molecule has 1 aromatic heterocycles. The molecule has 1 aliphatic rings. The van der Waals surface area contributed by atoms with Crippen molar-refractivity contribution < 1.29 is 14.3 Å². The summed E-state index contributed by atoms with van der Waals surface area (Å²) in [6, 6.07) is 19.7. The monoisotopic (exact) mass is 387 g/mol. The highest BCUT2D eigenvalue weighted by Gasteiger charge is 2.21. The van der Waals surface area contributed by atoms with Gasteiger partial charge in [-0.3, -0.25) is 14.6 Å². The summed E-state index contributed by atoms with van der Waals surface area (Å²) in [6.45, 7) is 1.47. The van der Waals surface area contributed by atoms with Crippen LogP contribution in [0.15, 0.2) is 72.9 Å². The molecular weight excluding hydrogens is 366 g/mol. The molecule has 0 aliphatic carbocycles. The molecule has 0 unspecified atom stereocenters. The molecule has 2 heterocycles. The van der Waals surface area contributed by atoms with E-state index in [-0.39, 0.29) is 17.5 Å². The topological polar surface area (TPSA) is 71.5 Å². The first kappa shape index (κ1) is 18.7. The van der Waals surface area contributed by atoms with Crippen LogP contribution in [0.5, 0.6) is 11.5 Å². The Labute approximate surface area is 169 Å². The highest BCUT2D eigenvalue weighted by Crippen LogP contribution is 2.29. The molecule has 2 aromatic carbocycles. The number of nitrogens with one attached hydrogen (secondary N) is 1. The highest BCUT2D eigenvalue weighted by atomic mass is 16.5. The van der Waals surface area contributed by atoms with Gasteiger partial charge in [-0.15, -0.1) is 0 Å². The van der Waals surface area contributed by atoms with Gasteiger partial charge in [-0.2, -0.15) is 0 Å². The van der Waals surface area contributed by atoms with Crippen molar-refractivity contribution in [3.63, 3.8) is 0 Å². The quantitative estimate of drug-likeness (QED) is 0.706. The fourth-order valence-electron chi connectivity index (χ4n) is 3.24. The molecule has 0 saturated carbocycles. The van der Waals surface area contributed by atoms with Crippen LogP contribution in [-0.2, 0) is 0 Å². The van der Waals surface area contributed by atoms with Gasteiger partial charge in [0, 0.05) is 24.8 Å². The molecule has 3 aromatic rings. The molecule has 1 aliphatic heterocycles. The number of likely N-dealkylation sites (tertiary alicyclic amines) is 1. The summed E-state index contributed by atoms with van der Waals surface area (Å²) in [7, 11) is 0. The summed E-state index contributed by atoms with van der Waals surface area (Å²) in [5.74, 6) is 0.753. The van der Waals surface area contributed by atoms with E-state index < -0.39 is 0 Å². The van der Waals surface area contributed by atoms with Crippen molar-refractivity contribution in [2.75, 3.05) is 18.4 Å². The number of hydrogen-bond acceptors (Lipinski definition) is 4. The van der Waals surface area contributed by atoms with Crippen LogP contribution in [0.25, 0.3) is 0 Å². The molecule has 29 heavy (non-hydrogen) atoms. The van der Waals surface area contributed by atoms with Crippen LogP contribution in [0.4, 0.5) is 5.69 Å². The number of para-hydroxylation sites is 3. The minimum atomic E-state index is -0.327. The van der Waals surface area contributed by atoms with Crippen LogP contribution in [0.2, 0.25) is 0 Å². The molecule has 4 rings (SSSR count). The van der Waals surface area contributed by atoms with Gasteiger partial charge in [0.05, 0.1) is 5.69 Å². The molecular formula is C23H21N3O3. The second-order valence-corrected chi connectivity index (χ2v) is 6.79. The van der Waals surface area contributed by atoms with Gasteiger partial charge in [0.25, 0.3) is 11.8 Å². The van der Waals surface area contributed by atoms with Crippen LogP contribution in [0, 0.1) is 0 Å². The number of ether oxygens (including phenoxy) is 1. The van der Waals surface area contributed by atoms with Crippen molar-refractivity contribution in [2.24, 2.45) is 0 Å². The van der Waals surface area contributed by atoms with Crippen LogP contribution in [0.3, 0.4) is 0 Å². The highest BCUT2D eigenvalue weighted by molar-refractivity contribution is 6.06. The van der Waals surface area contributed by atoms with Crippen molar-refractivity contribution in [1.29, 1.82) is 0 Å². The Morgan fingerprint density at radius 1 is 0.931 bits per heavy atom. The molecule has 0 atom stereocenters. The number of nitrogens with zero attached hydrogens (tertiary/aromatic N) is 2. The Morgan fingerprint density at radius 2 is 1.66 bits per heavy atom. The molecule has 6 heteroatoms. The third kappa shape index (κ3) is 4.43. The zero-order valence-corrected chi connectivity index (χ0v) is 15.9. The first-order valence-electron chi connectivity index (χ1n) is 9.59. The van der Waals surface area contributed by atoms with Crippen molar-refractivity contribution in [1.82, 2.24) is 9.88 Å². The zero-order valence-electron chi connectivity index (χ0n) is 15.9. The normalized spacial score (nSPS) is 13.2. The van der Waals surface area contributed by atoms with E-state index in [1.54, 1.807) is 23.1 Å². The minimum absolute atomic E-state index is 0.134. The molecule has 2 amide bonds. The molecule has 1 N–H and O–H groups in total. The van der Waals surface area contributed by atoms with Crippen LogP contribution < -0.4 is 10.1 Å². The predicted molar refractivity (Wildman–Crippen MR) is 110 cm³/mol. The lowest BCUT2D eigenvalue weighted by atomic mass is 10.2. The summed E-state index contributed by atoms with van der Waals surface area (Å²) in [4.78, 5) is 31.3. The Morgan fingerprint density at radius 3 is 2.45 bits per heavy atom. The molecule has 0 radical (unpaired) electrons. The number of rotatable bonds is 5. The van der Waals surface area contributed by atoms with Crippen LogP contribution in [0.1, 0.15) is 33.7 Å². The molecule has 1 saturated heterocycles. The van der Waals surface area contributed by atoms with Crippen molar-refractivity contribution in [3.05, 3.63) is 84.2 Å². The maximum absolute atomic E-state index is 12.8. The number of benzene rings is 2. The number of pyridine rings is 1. The van der Waals surface area contributed by atoms with E-state index in [1.165, 1.54) is 12.3 Å². The van der Waals surface area contributed by atoms with Crippen LogP contribution >= 0.6 is 0 Å². The second kappa shape index (κ2) is 8.56. The first-order valence-corrected chi connectivity index (χ1v) is 9.59. The smallest absolute Gasteiger partial charge is 0.272 e. The number of carbonyl (C=O) groups is 2. The van der Waals surface area contributed by atoms with Gasteiger partial charge in [-0.25, -0.2) is 0 Å². The number of anilines is 1. The minimum Gasteiger partial charge on any atom is -0.455 e. The Bertz CT molecular complexity index is 1010. The van der Waals surface area contributed by atoms with Gasteiger partial charge < -0.3 is 15.0 Å². The third-order valence-electron chi connectivity index (χ3n) is 4.74. The SMILES string of the molecule is O=C(Nc1ccccc1Oc1ccccc1)c1ccnc(C(=O)N2CCCC2)c1. The lowest BCUT2D eigenvalue weighted by molar-refractivity contribution is 0.0787. The fourth-order valence-corrected chi connectivity index (χ4v) is 3.24. The van der Waals surface area contributed by atoms with E-state index >= 15 is 0 Å². The third-order valence-corrected chi connectivity index (χ3v) is 4.74. The van der Waals surface area contributed by atoms with Gasteiger partial charge in [0.15, 0.2) is 5.75 Å². The van der Waals surface area contributed by atoms with Gasteiger partial charge in [0.1, 0.15) is 11.4 Å². The van der Waals surface area contributed by atoms with E-state index in [1.807, 2.05) is 42.5 Å². The lowest BCUT2D eigenvalue weighted by Crippen LogP contribution is -2.28. The largest absolute Gasteiger partial charge is 0.455 e. The van der Waals surface area contributed by atoms with E-state index in [2.05, 4.69) is 10.3 Å². The number of carbonyl (C=O) groups excluding carboxylic acids is 2. The van der Waals surface area contributed by atoms with Gasteiger partial charge in [-0.05, 0) is 49.2 Å². The Hall–Kier alpha value is -3.67. The Balaban J connectivity index is 1.51. The standard InChI is InChI=1S/C23H21N3O3/c27-22(17-12-13-24-20(16-17)23(28)26-14-6-7-15-26)25-19-10-4-5-11-21(19)29-18-8-2-1-3-9-18/h1-5,8-13,16H,6-7,14-15H2,(H,25,27). The number of amides is 2. The van der Waals surface area contributed by atoms with Gasteiger partial charge in [0.2, 0.25) is 0 Å². The summed E-state index contributed by atoms with van der Waals surface area (Å²) in [5, 5.41) is 2.87. The lowest BCUT2D eigenvalue weighted by Gasteiger charge is -2.15. The second-order valence-electron chi connectivity index (χ2n) is 6.79. The molecule has 6 nitrogen and oxygen atoms in total. The van der Waals surface area contributed by atoms with Crippen LogP contribution in [-0.4, -0.2) is 34.8 Å². The summed E-state index contributed by atoms with van der Waals surface area (Å²) < 4.78 is 5.89. The summed E-state index contributed by atoms with van der Waals surface area (Å²) in [6.07, 6.45) is 3.50. The van der Waals surface area contributed by atoms with Gasteiger partial charge in [-0.1, -0.05) is 30.3 Å². The average Bonchev–Trinajstić information content (AvgIpc) is 3.30.